The van der Waals surface area contributed by atoms with E-state index < -0.39 is 5.97 Å². The third-order valence-electron chi connectivity index (χ3n) is 2.06. The molecule has 2 rings (SSSR count). The van der Waals surface area contributed by atoms with Crippen molar-refractivity contribution in [1.29, 1.82) is 0 Å². The van der Waals surface area contributed by atoms with Crippen molar-refractivity contribution in [2.75, 3.05) is 0 Å². The highest BCUT2D eigenvalue weighted by Gasteiger charge is 2.12. The molecule has 0 aliphatic rings. The average molecular weight is 304 g/mol. The van der Waals surface area contributed by atoms with E-state index >= 15 is 0 Å². The molecule has 1 aromatic heterocycles. The quantitative estimate of drug-likeness (QED) is 0.866. The SMILES string of the molecule is O=C(O)c1cc(CSc2c(Cl)cccc2Cl)on1. The maximum absolute atomic E-state index is 10.6. The first-order chi connectivity index (χ1) is 8.58. The van der Waals surface area contributed by atoms with Crippen LogP contribution < -0.4 is 0 Å². The summed E-state index contributed by atoms with van der Waals surface area (Å²) in [6.45, 7) is 0. The highest BCUT2D eigenvalue weighted by Crippen LogP contribution is 2.35. The second-order valence-corrected chi connectivity index (χ2v) is 5.12. The number of halogens is 2. The molecule has 0 saturated heterocycles. The average Bonchev–Trinajstić information content (AvgIpc) is 2.77. The molecule has 0 saturated carbocycles. The van der Waals surface area contributed by atoms with E-state index in [9.17, 15) is 4.79 Å². The number of carboxylic acid groups (broad SMARTS) is 1. The Morgan fingerprint density at radius 2 is 2.06 bits per heavy atom. The molecule has 1 heterocycles. The minimum atomic E-state index is -1.12. The zero-order valence-corrected chi connectivity index (χ0v) is 11.2. The third-order valence-corrected chi connectivity index (χ3v) is 4.07. The van der Waals surface area contributed by atoms with E-state index in [-0.39, 0.29) is 5.69 Å². The van der Waals surface area contributed by atoms with Crippen LogP contribution in [0.15, 0.2) is 33.7 Å². The molecule has 4 nitrogen and oxygen atoms in total. The molecule has 94 valence electrons. The van der Waals surface area contributed by atoms with Crippen molar-refractivity contribution in [3.05, 3.63) is 45.8 Å². The van der Waals surface area contributed by atoms with Gasteiger partial charge >= 0.3 is 5.97 Å². The first-order valence-electron chi connectivity index (χ1n) is 4.83. The minimum absolute atomic E-state index is 0.115. The predicted octanol–water partition coefficient (Wildman–Crippen LogP) is 3.97. The van der Waals surface area contributed by atoms with E-state index in [0.29, 0.717) is 21.6 Å². The van der Waals surface area contributed by atoms with Gasteiger partial charge in [-0.25, -0.2) is 4.79 Å². The van der Waals surface area contributed by atoms with Crippen LogP contribution in [0.5, 0.6) is 0 Å². The lowest BCUT2D eigenvalue weighted by Crippen LogP contribution is -1.94. The summed E-state index contributed by atoms with van der Waals surface area (Å²) in [5, 5.41) is 13.2. The van der Waals surface area contributed by atoms with Gasteiger partial charge in [0.05, 0.1) is 15.8 Å². The van der Waals surface area contributed by atoms with E-state index in [4.69, 9.17) is 32.8 Å². The number of nitrogens with zero attached hydrogens (tertiary/aromatic N) is 1. The second-order valence-electron chi connectivity index (χ2n) is 3.32. The molecule has 0 fully saturated rings. The molecule has 18 heavy (non-hydrogen) atoms. The van der Waals surface area contributed by atoms with Gasteiger partial charge in [0.1, 0.15) is 5.76 Å². The van der Waals surface area contributed by atoms with Crippen molar-refractivity contribution < 1.29 is 14.4 Å². The van der Waals surface area contributed by atoms with Gasteiger partial charge in [-0.05, 0) is 12.1 Å². The molecule has 0 unspecified atom stereocenters. The summed E-state index contributed by atoms with van der Waals surface area (Å²) < 4.78 is 4.89. The van der Waals surface area contributed by atoms with Crippen molar-refractivity contribution in [3.8, 4) is 0 Å². The van der Waals surface area contributed by atoms with Crippen molar-refractivity contribution in [1.82, 2.24) is 5.16 Å². The molecule has 0 aliphatic carbocycles. The Kier molecular flexibility index (Phi) is 4.16. The number of thioether (sulfide) groups is 1. The lowest BCUT2D eigenvalue weighted by molar-refractivity contribution is 0.0685. The van der Waals surface area contributed by atoms with Crippen molar-refractivity contribution in [3.63, 3.8) is 0 Å². The summed E-state index contributed by atoms with van der Waals surface area (Å²) in [5.41, 5.74) is -0.115. The summed E-state index contributed by atoms with van der Waals surface area (Å²) in [7, 11) is 0. The fraction of sp³-hybridized carbons (Fsp3) is 0.0909. The van der Waals surface area contributed by atoms with Crippen molar-refractivity contribution in [2.24, 2.45) is 0 Å². The van der Waals surface area contributed by atoms with Crippen LogP contribution in [-0.2, 0) is 5.75 Å². The van der Waals surface area contributed by atoms with Gasteiger partial charge < -0.3 is 9.63 Å². The monoisotopic (exact) mass is 303 g/mol. The molecule has 0 radical (unpaired) electrons. The second kappa shape index (κ2) is 5.65. The standard InChI is InChI=1S/C11H7Cl2NO3S/c12-7-2-1-3-8(13)10(7)18-5-6-4-9(11(15)16)14-17-6/h1-4H,5H2,(H,15,16). The minimum Gasteiger partial charge on any atom is -0.476 e. The highest BCUT2D eigenvalue weighted by molar-refractivity contribution is 7.98. The van der Waals surface area contributed by atoms with Crippen LogP contribution in [0.2, 0.25) is 10.0 Å². The predicted molar refractivity (Wildman–Crippen MR) is 69.5 cm³/mol. The zero-order chi connectivity index (χ0) is 13.1. The summed E-state index contributed by atoms with van der Waals surface area (Å²) in [6, 6.07) is 6.60. The Balaban J connectivity index is 2.09. The van der Waals surface area contributed by atoms with Crippen LogP contribution in [0.3, 0.4) is 0 Å². The molecule has 0 atom stereocenters. The fourth-order valence-corrected chi connectivity index (χ4v) is 2.80. The largest absolute Gasteiger partial charge is 0.476 e. The van der Waals surface area contributed by atoms with Crippen LogP contribution in [0.1, 0.15) is 16.2 Å². The van der Waals surface area contributed by atoms with Crippen LogP contribution >= 0.6 is 35.0 Å². The molecule has 2 aromatic rings. The van der Waals surface area contributed by atoms with Gasteiger partial charge in [-0.3, -0.25) is 0 Å². The fourth-order valence-electron chi connectivity index (χ4n) is 1.25. The van der Waals surface area contributed by atoms with Crippen LogP contribution in [0.25, 0.3) is 0 Å². The van der Waals surface area contributed by atoms with Gasteiger partial charge in [0.15, 0.2) is 5.69 Å². The van der Waals surface area contributed by atoms with Crippen molar-refractivity contribution >= 4 is 40.9 Å². The Bertz CT molecular complexity index is 565. The summed E-state index contributed by atoms with van der Waals surface area (Å²) in [6.07, 6.45) is 0. The molecule has 0 bridgehead atoms. The third kappa shape index (κ3) is 2.98. The lowest BCUT2D eigenvalue weighted by Gasteiger charge is -2.04. The zero-order valence-electron chi connectivity index (χ0n) is 8.89. The maximum Gasteiger partial charge on any atom is 0.358 e. The topological polar surface area (TPSA) is 63.3 Å². The van der Waals surface area contributed by atoms with Gasteiger partial charge in [-0.15, -0.1) is 11.8 Å². The van der Waals surface area contributed by atoms with E-state index in [1.807, 2.05) is 0 Å². The molecule has 7 heteroatoms. The summed E-state index contributed by atoms with van der Waals surface area (Å²) in [5.74, 6) is -0.261. The summed E-state index contributed by atoms with van der Waals surface area (Å²) in [4.78, 5) is 11.4. The molecular weight excluding hydrogens is 297 g/mol. The van der Waals surface area contributed by atoms with Crippen LogP contribution in [0.4, 0.5) is 0 Å². The Labute approximate surface area is 117 Å². The van der Waals surface area contributed by atoms with Gasteiger partial charge in [-0.1, -0.05) is 34.4 Å². The number of aromatic carboxylic acids is 1. The Morgan fingerprint density at radius 3 is 2.61 bits per heavy atom. The first kappa shape index (κ1) is 13.3. The number of carbonyl (C=O) groups is 1. The molecule has 1 N–H and O–H groups in total. The number of hydrogen-bond donors (Lipinski definition) is 1. The van der Waals surface area contributed by atoms with Gasteiger partial charge in [-0.2, -0.15) is 0 Å². The molecule has 1 aromatic carbocycles. The number of aromatic nitrogens is 1. The normalized spacial score (nSPS) is 10.6. The maximum atomic E-state index is 10.6. The number of benzene rings is 1. The molecule has 0 aliphatic heterocycles. The Hall–Kier alpha value is -1.17. The van der Waals surface area contributed by atoms with E-state index in [1.54, 1.807) is 18.2 Å². The van der Waals surface area contributed by atoms with E-state index in [0.717, 1.165) is 4.90 Å². The number of carboxylic acids is 1. The molecular formula is C11H7Cl2NO3S. The van der Waals surface area contributed by atoms with Gasteiger partial charge in [0.2, 0.25) is 0 Å². The number of rotatable bonds is 4. The first-order valence-corrected chi connectivity index (χ1v) is 6.58. The van der Waals surface area contributed by atoms with Gasteiger partial charge in [0, 0.05) is 11.0 Å². The van der Waals surface area contributed by atoms with Crippen LogP contribution in [0, 0.1) is 0 Å². The van der Waals surface area contributed by atoms with E-state index in [2.05, 4.69) is 5.16 Å². The van der Waals surface area contributed by atoms with Crippen LogP contribution in [-0.4, -0.2) is 16.2 Å². The Morgan fingerprint density at radius 1 is 1.39 bits per heavy atom. The molecule has 0 amide bonds. The number of hydrogen-bond acceptors (Lipinski definition) is 4. The van der Waals surface area contributed by atoms with Crippen molar-refractivity contribution in [2.45, 2.75) is 10.6 Å². The summed E-state index contributed by atoms with van der Waals surface area (Å²) >= 11 is 13.4. The van der Waals surface area contributed by atoms with E-state index in [1.165, 1.54) is 17.8 Å². The molecule has 0 spiro atoms. The van der Waals surface area contributed by atoms with Gasteiger partial charge in [0.25, 0.3) is 0 Å². The highest BCUT2D eigenvalue weighted by atomic mass is 35.5. The lowest BCUT2D eigenvalue weighted by atomic mass is 10.4. The smallest absolute Gasteiger partial charge is 0.358 e.